The molecule has 5 heteroatoms. The molecule has 0 fully saturated rings. The topological polar surface area (TPSA) is 48.0 Å². The van der Waals surface area contributed by atoms with Gasteiger partial charge in [-0.3, -0.25) is 4.57 Å². The monoisotopic (exact) mass is 244 g/mol. The van der Waals surface area contributed by atoms with Crippen LogP contribution in [-0.2, 0) is 6.54 Å². The zero-order valence-electron chi connectivity index (χ0n) is 9.34. The molecule has 0 atom stereocenters. The van der Waals surface area contributed by atoms with E-state index in [2.05, 4.69) is 4.98 Å². The molecule has 0 saturated carbocycles. The highest BCUT2D eigenvalue weighted by Crippen LogP contribution is 2.13. The van der Waals surface area contributed by atoms with E-state index in [1.165, 1.54) is 10.6 Å². The van der Waals surface area contributed by atoms with Crippen molar-refractivity contribution < 1.29 is 8.81 Å². The van der Waals surface area contributed by atoms with Crippen molar-refractivity contribution in [2.75, 3.05) is 0 Å². The Morgan fingerprint density at radius 1 is 1.22 bits per heavy atom. The average Bonchev–Trinajstić information content (AvgIpc) is 2.69. The number of fused-ring (bicyclic) bond motifs is 1. The Kier molecular flexibility index (Phi) is 2.44. The van der Waals surface area contributed by atoms with Gasteiger partial charge in [-0.05, 0) is 18.2 Å². The van der Waals surface area contributed by atoms with Crippen molar-refractivity contribution in [3.05, 3.63) is 64.5 Å². The lowest BCUT2D eigenvalue weighted by molar-refractivity contribution is 0.512. The largest absolute Gasteiger partial charge is 0.421 e. The second-order valence-corrected chi connectivity index (χ2v) is 3.87. The van der Waals surface area contributed by atoms with Gasteiger partial charge in [0.25, 0.3) is 0 Å². The van der Waals surface area contributed by atoms with E-state index in [9.17, 15) is 9.18 Å². The van der Waals surface area contributed by atoms with Gasteiger partial charge in [-0.2, -0.15) is 0 Å². The van der Waals surface area contributed by atoms with E-state index in [0.29, 0.717) is 16.8 Å². The summed E-state index contributed by atoms with van der Waals surface area (Å²) in [6.45, 7) is 0.107. The van der Waals surface area contributed by atoms with E-state index in [1.807, 2.05) is 0 Å². The predicted molar refractivity (Wildman–Crippen MR) is 63.8 cm³/mol. The number of nitrogens with zero attached hydrogens (tertiary/aromatic N) is 2. The molecule has 0 unspecified atom stereocenters. The predicted octanol–water partition coefficient (Wildman–Crippen LogP) is 2.18. The Balaban J connectivity index is 2.13. The summed E-state index contributed by atoms with van der Waals surface area (Å²) in [5.41, 5.74) is 1.25. The maximum atomic E-state index is 13.5. The zero-order valence-corrected chi connectivity index (χ0v) is 9.34. The van der Waals surface area contributed by atoms with Crippen LogP contribution in [0.4, 0.5) is 4.39 Å². The third kappa shape index (κ3) is 1.69. The lowest BCUT2D eigenvalue weighted by Gasteiger charge is -2.02. The van der Waals surface area contributed by atoms with Crippen molar-refractivity contribution >= 4 is 11.2 Å². The molecule has 0 amide bonds. The molecule has 2 heterocycles. The molecule has 18 heavy (non-hydrogen) atoms. The number of benzene rings is 1. The van der Waals surface area contributed by atoms with E-state index in [1.54, 1.807) is 36.5 Å². The second-order valence-electron chi connectivity index (χ2n) is 3.87. The molecule has 1 aromatic carbocycles. The van der Waals surface area contributed by atoms with Crippen LogP contribution in [0.15, 0.2) is 51.8 Å². The van der Waals surface area contributed by atoms with Gasteiger partial charge < -0.3 is 4.42 Å². The van der Waals surface area contributed by atoms with Gasteiger partial charge in [-0.1, -0.05) is 18.2 Å². The van der Waals surface area contributed by atoms with Crippen LogP contribution < -0.4 is 5.76 Å². The van der Waals surface area contributed by atoms with Crippen LogP contribution in [0.1, 0.15) is 5.56 Å². The molecule has 0 spiro atoms. The fourth-order valence-corrected chi connectivity index (χ4v) is 1.84. The molecule has 4 nitrogen and oxygen atoms in total. The van der Waals surface area contributed by atoms with Crippen molar-refractivity contribution in [2.24, 2.45) is 0 Å². The van der Waals surface area contributed by atoms with Gasteiger partial charge in [0.1, 0.15) is 5.82 Å². The third-order valence-corrected chi connectivity index (χ3v) is 2.71. The van der Waals surface area contributed by atoms with Crippen LogP contribution in [0, 0.1) is 5.82 Å². The molecule has 0 radical (unpaired) electrons. The summed E-state index contributed by atoms with van der Waals surface area (Å²) in [5.74, 6) is -0.887. The maximum Gasteiger partial charge on any atom is 0.421 e. The minimum Gasteiger partial charge on any atom is -0.406 e. The van der Waals surface area contributed by atoms with Gasteiger partial charge in [0.15, 0.2) is 11.2 Å². The highest BCUT2D eigenvalue weighted by atomic mass is 19.1. The highest BCUT2D eigenvalue weighted by molar-refractivity contribution is 5.67. The van der Waals surface area contributed by atoms with Crippen molar-refractivity contribution in [3.8, 4) is 0 Å². The van der Waals surface area contributed by atoms with Crippen molar-refractivity contribution in [1.82, 2.24) is 9.55 Å². The molecule has 0 bridgehead atoms. The molecule has 3 aromatic rings. The normalized spacial score (nSPS) is 10.9. The zero-order chi connectivity index (χ0) is 12.5. The standard InChI is InChI=1S/C13H9FN2O2/c14-10-5-2-1-4-9(10)8-16-12-11(18-13(16)17)6-3-7-15-12/h1-7H,8H2. The number of halogens is 1. The summed E-state index contributed by atoms with van der Waals surface area (Å²) < 4.78 is 19.9. The average molecular weight is 244 g/mol. The first-order valence-corrected chi connectivity index (χ1v) is 5.43. The van der Waals surface area contributed by atoms with Gasteiger partial charge in [0.05, 0.1) is 6.54 Å². The maximum absolute atomic E-state index is 13.5. The molecule has 0 aliphatic rings. The van der Waals surface area contributed by atoms with Crippen molar-refractivity contribution in [3.63, 3.8) is 0 Å². The molecular weight excluding hydrogens is 235 g/mol. The molecule has 2 aromatic heterocycles. The highest BCUT2D eigenvalue weighted by Gasteiger charge is 2.11. The molecule has 3 rings (SSSR count). The smallest absolute Gasteiger partial charge is 0.406 e. The quantitative estimate of drug-likeness (QED) is 0.694. The number of hydrogen-bond donors (Lipinski definition) is 0. The van der Waals surface area contributed by atoms with Crippen LogP contribution >= 0.6 is 0 Å². The first-order valence-electron chi connectivity index (χ1n) is 5.43. The number of pyridine rings is 1. The third-order valence-electron chi connectivity index (χ3n) is 2.71. The summed E-state index contributed by atoms with van der Waals surface area (Å²) in [5, 5.41) is 0. The summed E-state index contributed by atoms with van der Waals surface area (Å²) >= 11 is 0. The van der Waals surface area contributed by atoms with E-state index in [4.69, 9.17) is 4.42 Å². The molecule has 0 aliphatic heterocycles. The lowest BCUT2D eigenvalue weighted by atomic mass is 10.2. The second kappa shape index (κ2) is 4.10. The van der Waals surface area contributed by atoms with Crippen LogP contribution in [0.5, 0.6) is 0 Å². The van der Waals surface area contributed by atoms with E-state index in [0.717, 1.165) is 0 Å². The fourth-order valence-electron chi connectivity index (χ4n) is 1.84. The van der Waals surface area contributed by atoms with E-state index < -0.39 is 5.76 Å². The van der Waals surface area contributed by atoms with Crippen molar-refractivity contribution in [1.29, 1.82) is 0 Å². The first kappa shape index (κ1) is 10.7. The Morgan fingerprint density at radius 3 is 2.89 bits per heavy atom. The van der Waals surface area contributed by atoms with Gasteiger partial charge in [-0.25, -0.2) is 14.2 Å². The summed E-state index contributed by atoms with van der Waals surface area (Å²) in [6, 6.07) is 9.65. The molecule has 0 saturated heterocycles. The Bertz CT molecular complexity index is 761. The number of oxazole rings is 1. The molecule has 90 valence electrons. The van der Waals surface area contributed by atoms with Gasteiger partial charge in [0, 0.05) is 11.8 Å². The van der Waals surface area contributed by atoms with E-state index in [-0.39, 0.29) is 12.4 Å². The summed E-state index contributed by atoms with van der Waals surface area (Å²) in [7, 11) is 0. The van der Waals surface area contributed by atoms with Gasteiger partial charge in [-0.15, -0.1) is 0 Å². The molecule has 0 aliphatic carbocycles. The van der Waals surface area contributed by atoms with Crippen LogP contribution in [0.25, 0.3) is 11.2 Å². The minimum atomic E-state index is -0.535. The molecular formula is C13H9FN2O2. The lowest BCUT2D eigenvalue weighted by Crippen LogP contribution is -2.16. The van der Waals surface area contributed by atoms with Crippen LogP contribution in [0.2, 0.25) is 0 Å². The van der Waals surface area contributed by atoms with Crippen LogP contribution in [0.3, 0.4) is 0 Å². The number of rotatable bonds is 2. The fraction of sp³-hybridized carbons (Fsp3) is 0.0769. The number of hydrogen-bond acceptors (Lipinski definition) is 3. The Hall–Kier alpha value is -2.43. The number of aromatic nitrogens is 2. The van der Waals surface area contributed by atoms with Crippen LogP contribution in [-0.4, -0.2) is 9.55 Å². The minimum absolute atomic E-state index is 0.107. The van der Waals surface area contributed by atoms with E-state index >= 15 is 0 Å². The van der Waals surface area contributed by atoms with Gasteiger partial charge >= 0.3 is 5.76 Å². The summed E-state index contributed by atoms with van der Waals surface area (Å²) in [4.78, 5) is 15.8. The van der Waals surface area contributed by atoms with Gasteiger partial charge in [0.2, 0.25) is 0 Å². The Labute approximate surface area is 101 Å². The Morgan fingerprint density at radius 2 is 2.06 bits per heavy atom. The first-order chi connectivity index (χ1) is 8.75. The molecule has 0 N–H and O–H groups in total. The summed E-state index contributed by atoms with van der Waals surface area (Å²) in [6.07, 6.45) is 1.56. The van der Waals surface area contributed by atoms with Crippen molar-refractivity contribution in [2.45, 2.75) is 6.54 Å². The SMILES string of the molecule is O=c1oc2cccnc2n1Cc1ccccc1F.